The lowest BCUT2D eigenvalue weighted by molar-refractivity contribution is -0.123. The van der Waals surface area contributed by atoms with E-state index < -0.39 is 0 Å². The van der Waals surface area contributed by atoms with Gasteiger partial charge in [0.25, 0.3) is 5.91 Å². The Morgan fingerprint density at radius 3 is 3.00 bits per heavy atom. The van der Waals surface area contributed by atoms with Gasteiger partial charge in [-0.25, -0.2) is 4.98 Å². The number of aromatic nitrogens is 2. The van der Waals surface area contributed by atoms with E-state index in [1.807, 2.05) is 43.5 Å². The molecule has 1 amide bonds. The van der Waals surface area contributed by atoms with Crippen molar-refractivity contribution in [2.45, 2.75) is 39.7 Å². The van der Waals surface area contributed by atoms with Crippen molar-refractivity contribution < 1.29 is 9.53 Å². The second kappa shape index (κ2) is 7.26. The number of carbonyl (C=O) groups excluding carboxylic acids is 1. The maximum atomic E-state index is 11.8. The molecule has 3 N–H and O–H groups in total. The Morgan fingerprint density at radius 2 is 2.32 bits per heavy atom. The quantitative estimate of drug-likeness (QED) is 0.811. The van der Waals surface area contributed by atoms with E-state index in [9.17, 15) is 4.79 Å². The van der Waals surface area contributed by atoms with E-state index >= 15 is 0 Å². The summed E-state index contributed by atoms with van der Waals surface area (Å²) in [5.74, 6) is 0.481. The topological polar surface area (TPSA) is 81.6 Å². The van der Waals surface area contributed by atoms with Crippen LogP contribution in [0.2, 0.25) is 0 Å². The fraction of sp³-hybridized carbons (Fsp3) is 0.500. The number of carbonyl (C=O) groups is 1. The van der Waals surface area contributed by atoms with E-state index in [1.165, 1.54) is 0 Å². The molecule has 0 fully saturated rings. The number of nitrogens with two attached hydrogens (primary N) is 1. The van der Waals surface area contributed by atoms with E-state index in [-0.39, 0.29) is 18.6 Å². The molecular formula is C16H24N4O2. The number of ether oxygens (including phenoxy) is 1. The summed E-state index contributed by atoms with van der Waals surface area (Å²) in [6.45, 7) is 6.51. The van der Waals surface area contributed by atoms with Crippen LogP contribution in [0.25, 0.3) is 5.65 Å². The van der Waals surface area contributed by atoms with Crippen LogP contribution >= 0.6 is 0 Å². The average Bonchev–Trinajstić information content (AvgIpc) is 2.82. The summed E-state index contributed by atoms with van der Waals surface area (Å²) in [4.78, 5) is 16.4. The summed E-state index contributed by atoms with van der Waals surface area (Å²) in [5.41, 5.74) is 8.38. The van der Waals surface area contributed by atoms with Crippen LogP contribution in [0, 0.1) is 6.92 Å². The summed E-state index contributed by atoms with van der Waals surface area (Å²) in [5, 5.41) is 2.88. The molecule has 2 aromatic heterocycles. The number of nitrogens with one attached hydrogen (secondary N) is 1. The molecule has 1 unspecified atom stereocenters. The Kier molecular flexibility index (Phi) is 5.38. The Balaban J connectivity index is 2.15. The molecular weight excluding hydrogens is 280 g/mol. The summed E-state index contributed by atoms with van der Waals surface area (Å²) in [6, 6.07) is 3.86. The maximum absolute atomic E-state index is 11.8. The lowest BCUT2D eigenvalue weighted by Gasteiger charge is -2.12. The third kappa shape index (κ3) is 3.57. The number of amides is 1. The molecule has 2 aromatic rings. The third-order valence-electron chi connectivity index (χ3n) is 3.67. The van der Waals surface area contributed by atoms with E-state index in [2.05, 4.69) is 10.3 Å². The molecule has 0 radical (unpaired) electrons. The molecule has 22 heavy (non-hydrogen) atoms. The van der Waals surface area contributed by atoms with Gasteiger partial charge < -0.3 is 20.2 Å². The Bertz CT molecular complexity index is 651. The van der Waals surface area contributed by atoms with Gasteiger partial charge in [-0.15, -0.1) is 0 Å². The molecule has 6 nitrogen and oxygen atoms in total. The van der Waals surface area contributed by atoms with Crippen molar-refractivity contribution in [1.29, 1.82) is 0 Å². The monoisotopic (exact) mass is 304 g/mol. The fourth-order valence-electron chi connectivity index (χ4n) is 2.32. The van der Waals surface area contributed by atoms with Crippen LogP contribution < -0.4 is 15.8 Å². The maximum Gasteiger partial charge on any atom is 0.258 e. The van der Waals surface area contributed by atoms with Crippen molar-refractivity contribution in [2.24, 2.45) is 5.73 Å². The second-order valence-electron chi connectivity index (χ2n) is 5.41. The number of hydrogen-bond acceptors (Lipinski definition) is 4. The van der Waals surface area contributed by atoms with Crippen LogP contribution in [0.4, 0.5) is 0 Å². The molecule has 0 bridgehead atoms. The minimum absolute atomic E-state index is 0.0118. The van der Waals surface area contributed by atoms with Crippen molar-refractivity contribution in [2.75, 3.05) is 13.2 Å². The van der Waals surface area contributed by atoms with E-state index in [1.54, 1.807) is 0 Å². The fourth-order valence-corrected chi connectivity index (χ4v) is 2.32. The molecule has 0 saturated carbocycles. The molecule has 2 rings (SSSR count). The molecule has 120 valence electrons. The second-order valence-corrected chi connectivity index (χ2v) is 5.41. The first kappa shape index (κ1) is 16.3. The first-order chi connectivity index (χ1) is 10.6. The molecule has 0 aliphatic heterocycles. The van der Waals surface area contributed by atoms with Gasteiger partial charge >= 0.3 is 0 Å². The van der Waals surface area contributed by atoms with Crippen LogP contribution in [-0.4, -0.2) is 34.5 Å². The normalized spacial score (nSPS) is 12.4. The number of pyridine rings is 1. The zero-order valence-electron chi connectivity index (χ0n) is 13.4. The molecule has 0 aromatic carbocycles. The van der Waals surface area contributed by atoms with Gasteiger partial charge in [-0.2, -0.15) is 0 Å². The molecule has 0 aliphatic rings. The van der Waals surface area contributed by atoms with E-state index in [0.29, 0.717) is 12.3 Å². The number of rotatable bonds is 7. The van der Waals surface area contributed by atoms with Crippen LogP contribution in [0.1, 0.15) is 31.7 Å². The van der Waals surface area contributed by atoms with Gasteiger partial charge in [0.2, 0.25) is 0 Å². The summed E-state index contributed by atoms with van der Waals surface area (Å²) >= 11 is 0. The minimum Gasteiger partial charge on any atom is -0.480 e. The van der Waals surface area contributed by atoms with E-state index in [0.717, 1.165) is 29.9 Å². The standard InChI is InChI=1S/C16H24N4O2/c1-4-11(2)18-15(21)10-22-14-6-5-9-20-13(7-8-17)12(3)19-16(14)20/h5-6,9,11H,4,7-8,10,17H2,1-3H3,(H,18,21). The third-order valence-corrected chi connectivity index (χ3v) is 3.67. The number of fused-ring (bicyclic) bond motifs is 1. The predicted octanol–water partition coefficient (Wildman–Crippen LogP) is 1.44. The number of nitrogens with zero attached hydrogens (tertiary/aromatic N) is 2. The SMILES string of the molecule is CCC(C)NC(=O)COc1cccn2c(CCN)c(C)nc12. The van der Waals surface area contributed by atoms with Crippen LogP contribution in [-0.2, 0) is 11.2 Å². The molecule has 2 heterocycles. The van der Waals surface area contributed by atoms with Gasteiger partial charge in [-0.05, 0) is 38.9 Å². The molecule has 0 spiro atoms. The molecule has 0 aliphatic carbocycles. The first-order valence-electron chi connectivity index (χ1n) is 7.65. The highest BCUT2D eigenvalue weighted by Gasteiger charge is 2.13. The number of aryl methyl sites for hydroxylation is 1. The van der Waals surface area contributed by atoms with Crippen LogP contribution in [0.5, 0.6) is 5.75 Å². The number of imidazole rings is 1. The summed E-state index contributed by atoms with van der Waals surface area (Å²) < 4.78 is 7.62. The zero-order valence-corrected chi connectivity index (χ0v) is 13.4. The van der Waals surface area contributed by atoms with Gasteiger partial charge in [-0.3, -0.25) is 4.79 Å². The largest absolute Gasteiger partial charge is 0.480 e. The highest BCUT2D eigenvalue weighted by molar-refractivity contribution is 5.78. The van der Waals surface area contributed by atoms with Gasteiger partial charge in [0, 0.05) is 24.4 Å². The Hall–Kier alpha value is -2.08. The Morgan fingerprint density at radius 1 is 1.55 bits per heavy atom. The zero-order chi connectivity index (χ0) is 16.1. The average molecular weight is 304 g/mol. The number of hydrogen-bond donors (Lipinski definition) is 2. The highest BCUT2D eigenvalue weighted by Crippen LogP contribution is 2.22. The van der Waals surface area contributed by atoms with Crippen molar-refractivity contribution in [1.82, 2.24) is 14.7 Å². The smallest absolute Gasteiger partial charge is 0.258 e. The van der Waals surface area contributed by atoms with E-state index in [4.69, 9.17) is 10.5 Å². The van der Waals surface area contributed by atoms with Crippen LogP contribution in [0.3, 0.4) is 0 Å². The molecule has 1 atom stereocenters. The Labute approximate surface area is 130 Å². The molecule has 6 heteroatoms. The van der Waals surface area contributed by atoms with Gasteiger partial charge in [-0.1, -0.05) is 6.92 Å². The van der Waals surface area contributed by atoms with Crippen molar-refractivity contribution in [3.8, 4) is 5.75 Å². The molecule has 0 saturated heterocycles. The van der Waals surface area contributed by atoms with Crippen molar-refractivity contribution in [3.63, 3.8) is 0 Å². The van der Waals surface area contributed by atoms with Crippen LogP contribution in [0.15, 0.2) is 18.3 Å². The summed E-state index contributed by atoms with van der Waals surface area (Å²) in [7, 11) is 0. The van der Waals surface area contributed by atoms with Gasteiger partial charge in [0.1, 0.15) is 0 Å². The van der Waals surface area contributed by atoms with Crippen molar-refractivity contribution >= 4 is 11.6 Å². The van der Waals surface area contributed by atoms with Gasteiger partial charge in [0.15, 0.2) is 18.0 Å². The lowest BCUT2D eigenvalue weighted by Crippen LogP contribution is -2.35. The highest BCUT2D eigenvalue weighted by atomic mass is 16.5. The lowest BCUT2D eigenvalue weighted by atomic mass is 10.2. The first-order valence-corrected chi connectivity index (χ1v) is 7.65. The van der Waals surface area contributed by atoms with Gasteiger partial charge in [0.05, 0.1) is 5.69 Å². The van der Waals surface area contributed by atoms with Crippen molar-refractivity contribution in [3.05, 3.63) is 29.7 Å². The summed E-state index contributed by atoms with van der Waals surface area (Å²) in [6.07, 6.45) is 3.58. The predicted molar refractivity (Wildman–Crippen MR) is 86.1 cm³/mol. The minimum atomic E-state index is -0.123.